The molecule has 0 aliphatic heterocycles. The second-order valence-electron chi connectivity index (χ2n) is 15.4. The van der Waals surface area contributed by atoms with Crippen molar-refractivity contribution in [3.8, 4) is 11.5 Å². The number of phenols is 1. The number of hydrogen-bond donors (Lipinski definition) is 1. The van der Waals surface area contributed by atoms with Gasteiger partial charge in [0.05, 0.1) is 0 Å². The molecule has 1 N–H and O–H groups in total. The zero-order chi connectivity index (χ0) is 29.6. The highest BCUT2D eigenvalue weighted by atomic mass is 16.7. The molecule has 0 saturated carbocycles. The van der Waals surface area contributed by atoms with Crippen molar-refractivity contribution in [3.05, 3.63) is 59.7 Å². The van der Waals surface area contributed by atoms with Crippen LogP contribution in [0.4, 0.5) is 0 Å². The van der Waals surface area contributed by atoms with Crippen molar-refractivity contribution < 1.29 is 14.6 Å². The summed E-state index contributed by atoms with van der Waals surface area (Å²) in [4.78, 5) is 0. The van der Waals surface area contributed by atoms with E-state index in [-0.39, 0.29) is 27.9 Å². The molecular weight excluding hydrogens is 480 g/mol. The van der Waals surface area contributed by atoms with E-state index >= 15 is 0 Å². The van der Waals surface area contributed by atoms with Crippen LogP contribution in [0.1, 0.15) is 132 Å². The van der Waals surface area contributed by atoms with E-state index in [0.717, 1.165) is 25.0 Å². The third kappa shape index (κ3) is 10.8. The van der Waals surface area contributed by atoms with Crippen LogP contribution in [0.25, 0.3) is 0 Å². The highest BCUT2D eigenvalue weighted by molar-refractivity contribution is 5.31. The Kier molecular flexibility index (Phi) is 11.2. The van der Waals surface area contributed by atoms with Gasteiger partial charge in [-0.3, -0.25) is 0 Å². The molecule has 0 radical (unpaired) electrons. The highest BCUT2D eigenvalue weighted by Gasteiger charge is 2.37. The first-order chi connectivity index (χ1) is 17.8. The molecule has 0 saturated heterocycles. The van der Waals surface area contributed by atoms with Gasteiger partial charge in [-0.15, -0.1) is 0 Å². The molecule has 3 unspecified atom stereocenters. The Labute approximate surface area is 240 Å². The van der Waals surface area contributed by atoms with E-state index in [4.69, 9.17) is 9.47 Å². The fraction of sp³-hybridized carbons (Fsp3) is 0.667. The van der Waals surface area contributed by atoms with Gasteiger partial charge in [-0.2, -0.15) is 0 Å². The van der Waals surface area contributed by atoms with Crippen molar-refractivity contribution in [3.63, 3.8) is 0 Å². The molecule has 2 aromatic carbocycles. The molecule has 39 heavy (non-hydrogen) atoms. The average molecular weight is 539 g/mol. The molecule has 0 bridgehead atoms. The first-order valence-electron chi connectivity index (χ1n) is 15.0. The Morgan fingerprint density at radius 2 is 1.21 bits per heavy atom. The standard InChI is InChI=1S/C36H58O3/c1-13-38-26(2)39-30-20-16-27(17-21-30)31(34(6,7)8)25-35(9,10)22-23-36(11,12)32(24-33(3,4)5)28-14-18-29(37)19-15-28/h14-21,26,31-32,37H,13,22-25H2,1-12H3. The minimum absolute atomic E-state index is 0.134. The van der Waals surface area contributed by atoms with Crippen molar-refractivity contribution in [1.29, 1.82) is 0 Å². The molecule has 2 rings (SSSR count). The van der Waals surface area contributed by atoms with E-state index in [0.29, 0.717) is 24.2 Å². The molecule has 3 atom stereocenters. The lowest BCUT2D eigenvalue weighted by atomic mass is 9.63. The lowest BCUT2D eigenvalue weighted by molar-refractivity contribution is -0.0613. The van der Waals surface area contributed by atoms with Gasteiger partial charge in [0.25, 0.3) is 0 Å². The number of benzene rings is 2. The SMILES string of the molecule is CCOC(C)Oc1ccc(C(CC(C)(C)CCC(C)(C)C(CC(C)(C)C)c2ccc(O)cc2)C(C)(C)C)cc1. The van der Waals surface area contributed by atoms with Crippen LogP contribution in [0, 0.1) is 21.7 Å². The Bertz CT molecular complexity index is 988. The van der Waals surface area contributed by atoms with Gasteiger partial charge in [0.1, 0.15) is 11.5 Å². The summed E-state index contributed by atoms with van der Waals surface area (Å²) >= 11 is 0. The molecule has 0 aliphatic rings. The van der Waals surface area contributed by atoms with Crippen molar-refractivity contribution in [2.45, 2.75) is 127 Å². The largest absolute Gasteiger partial charge is 0.508 e. The van der Waals surface area contributed by atoms with Crippen LogP contribution in [0.3, 0.4) is 0 Å². The van der Waals surface area contributed by atoms with Crippen LogP contribution in [0.2, 0.25) is 0 Å². The smallest absolute Gasteiger partial charge is 0.196 e. The van der Waals surface area contributed by atoms with Gasteiger partial charge in [-0.05, 0) is 108 Å². The molecule has 0 aromatic heterocycles. The Balaban J connectivity index is 2.21. The van der Waals surface area contributed by atoms with Crippen molar-refractivity contribution in [2.24, 2.45) is 21.7 Å². The zero-order valence-electron chi connectivity index (χ0n) is 27.2. The number of ether oxygens (including phenoxy) is 2. The summed E-state index contributed by atoms with van der Waals surface area (Å²) in [6.45, 7) is 28.4. The molecule has 3 nitrogen and oxygen atoms in total. The van der Waals surface area contributed by atoms with Crippen LogP contribution in [0.5, 0.6) is 11.5 Å². The lowest BCUT2D eigenvalue weighted by Gasteiger charge is -2.42. The van der Waals surface area contributed by atoms with Gasteiger partial charge < -0.3 is 14.6 Å². The number of phenolic OH excluding ortho intramolecular Hbond substituents is 1. The van der Waals surface area contributed by atoms with E-state index in [2.05, 4.69) is 106 Å². The first-order valence-corrected chi connectivity index (χ1v) is 15.0. The van der Waals surface area contributed by atoms with E-state index in [1.54, 1.807) is 0 Å². The second kappa shape index (κ2) is 13.1. The first kappa shape index (κ1) is 33.2. The maximum atomic E-state index is 9.89. The Morgan fingerprint density at radius 3 is 1.69 bits per heavy atom. The highest BCUT2D eigenvalue weighted by Crippen LogP contribution is 2.50. The summed E-state index contributed by atoms with van der Waals surface area (Å²) < 4.78 is 11.5. The van der Waals surface area contributed by atoms with Crippen LogP contribution in [-0.4, -0.2) is 18.0 Å². The fourth-order valence-corrected chi connectivity index (χ4v) is 5.82. The van der Waals surface area contributed by atoms with Crippen molar-refractivity contribution in [2.75, 3.05) is 6.61 Å². The zero-order valence-corrected chi connectivity index (χ0v) is 27.2. The van der Waals surface area contributed by atoms with Gasteiger partial charge in [0, 0.05) is 6.61 Å². The van der Waals surface area contributed by atoms with E-state index in [1.807, 2.05) is 26.0 Å². The summed E-state index contributed by atoms with van der Waals surface area (Å²) in [6, 6.07) is 16.6. The van der Waals surface area contributed by atoms with Crippen molar-refractivity contribution in [1.82, 2.24) is 0 Å². The molecule has 2 aromatic rings. The molecule has 0 amide bonds. The average Bonchev–Trinajstić information content (AvgIpc) is 2.80. The quantitative estimate of drug-likeness (QED) is 0.258. The summed E-state index contributed by atoms with van der Waals surface area (Å²) in [5.41, 5.74) is 3.40. The van der Waals surface area contributed by atoms with Crippen LogP contribution in [0.15, 0.2) is 48.5 Å². The molecule has 220 valence electrons. The van der Waals surface area contributed by atoms with Gasteiger partial charge in [0.15, 0.2) is 6.29 Å². The lowest BCUT2D eigenvalue weighted by Crippen LogP contribution is -2.30. The van der Waals surface area contributed by atoms with E-state index in [9.17, 15) is 5.11 Å². The number of hydrogen-bond acceptors (Lipinski definition) is 3. The third-order valence-electron chi connectivity index (χ3n) is 8.29. The summed E-state index contributed by atoms with van der Waals surface area (Å²) in [6.07, 6.45) is 4.32. The van der Waals surface area contributed by atoms with Gasteiger partial charge in [0.2, 0.25) is 0 Å². The van der Waals surface area contributed by atoms with E-state index in [1.165, 1.54) is 17.5 Å². The van der Waals surface area contributed by atoms with E-state index < -0.39 is 0 Å². The monoisotopic (exact) mass is 538 g/mol. The molecule has 0 fully saturated rings. The Morgan fingerprint density at radius 1 is 0.692 bits per heavy atom. The van der Waals surface area contributed by atoms with Crippen LogP contribution in [-0.2, 0) is 4.74 Å². The molecule has 0 spiro atoms. The second-order valence-corrected chi connectivity index (χ2v) is 15.4. The van der Waals surface area contributed by atoms with Crippen LogP contribution >= 0.6 is 0 Å². The van der Waals surface area contributed by atoms with Gasteiger partial charge >= 0.3 is 0 Å². The molecular formula is C36H58O3. The van der Waals surface area contributed by atoms with Crippen LogP contribution < -0.4 is 4.74 Å². The maximum absolute atomic E-state index is 9.89. The predicted octanol–water partition coefficient (Wildman–Crippen LogP) is 10.7. The van der Waals surface area contributed by atoms with Crippen molar-refractivity contribution >= 4 is 0 Å². The normalized spacial score (nSPS) is 15.6. The Hall–Kier alpha value is -2.00. The summed E-state index contributed by atoms with van der Waals surface area (Å²) in [7, 11) is 0. The molecule has 0 aliphatic carbocycles. The minimum atomic E-state index is -0.245. The molecule has 3 heteroatoms. The number of aromatic hydroxyl groups is 1. The predicted molar refractivity (Wildman–Crippen MR) is 167 cm³/mol. The maximum Gasteiger partial charge on any atom is 0.196 e. The third-order valence-corrected chi connectivity index (χ3v) is 8.29. The topological polar surface area (TPSA) is 38.7 Å². The minimum Gasteiger partial charge on any atom is -0.508 e. The number of rotatable bonds is 13. The molecule has 0 heterocycles. The fourth-order valence-electron chi connectivity index (χ4n) is 5.82. The van der Waals surface area contributed by atoms with Gasteiger partial charge in [-0.25, -0.2) is 0 Å². The summed E-state index contributed by atoms with van der Waals surface area (Å²) in [5, 5.41) is 9.89. The van der Waals surface area contributed by atoms with Gasteiger partial charge in [-0.1, -0.05) is 93.5 Å². The summed E-state index contributed by atoms with van der Waals surface area (Å²) in [5.74, 6) is 2.06.